The molecule has 1 heterocycles. The molecule has 0 spiro atoms. The van der Waals surface area contributed by atoms with Crippen LogP contribution in [-0.4, -0.2) is 32.0 Å². The first-order chi connectivity index (χ1) is 11.8. The molecule has 4 nitrogen and oxygen atoms in total. The lowest BCUT2D eigenvalue weighted by molar-refractivity contribution is 0.0735. The molecular weight excluding hydrogens is 334 g/mol. The Balaban J connectivity index is 1.84. The van der Waals surface area contributed by atoms with E-state index in [1.54, 1.807) is 24.3 Å². The zero-order valence-electron chi connectivity index (χ0n) is 14.6. The van der Waals surface area contributed by atoms with Crippen molar-refractivity contribution in [3.05, 3.63) is 70.8 Å². The quantitative estimate of drug-likeness (QED) is 0.841. The van der Waals surface area contributed by atoms with E-state index in [2.05, 4.69) is 31.2 Å². The topological polar surface area (TPSA) is 54.5 Å². The summed E-state index contributed by atoms with van der Waals surface area (Å²) in [5, 5.41) is 0. The number of sulfone groups is 1. The molecule has 1 amide bonds. The molecule has 2 aromatic rings. The molecule has 1 fully saturated rings. The minimum absolute atomic E-state index is 0.0292. The van der Waals surface area contributed by atoms with E-state index in [1.165, 1.54) is 11.8 Å². The maximum absolute atomic E-state index is 13.0. The SMILES string of the molecule is Cc1ccc(C2CCCN2C(=O)c2cccc(CS(C)(=O)=O)c2)cc1. The van der Waals surface area contributed by atoms with Crippen molar-refractivity contribution in [3.63, 3.8) is 0 Å². The Bertz CT molecular complexity index is 872. The third-order valence-electron chi connectivity index (χ3n) is 4.58. The number of carbonyl (C=O) groups is 1. The Morgan fingerprint density at radius 1 is 1.16 bits per heavy atom. The van der Waals surface area contributed by atoms with Crippen molar-refractivity contribution in [1.29, 1.82) is 0 Å². The summed E-state index contributed by atoms with van der Waals surface area (Å²) in [7, 11) is -3.12. The first-order valence-electron chi connectivity index (χ1n) is 8.48. The fraction of sp³-hybridized carbons (Fsp3) is 0.350. The Labute approximate surface area is 149 Å². The van der Waals surface area contributed by atoms with Crippen LogP contribution in [0, 0.1) is 6.92 Å². The summed E-state index contributed by atoms with van der Waals surface area (Å²) in [6.45, 7) is 2.78. The molecule has 0 N–H and O–H groups in total. The molecule has 2 aromatic carbocycles. The van der Waals surface area contributed by atoms with Gasteiger partial charge in [0.1, 0.15) is 0 Å². The van der Waals surface area contributed by atoms with Gasteiger partial charge < -0.3 is 4.90 Å². The summed E-state index contributed by atoms with van der Waals surface area (Å²) in [5.74, 6) is -0.0754. The van der Waals surface area contributed by atoms with Crippen molar-refractivity contribution < 1.29 is 13.2 Å². The third kappa shape index (κ3) is 4.28. The van der Waals surface area contributed by atoms with Crippen LogP contribution in [0.25, 0.3) is 0 Å². The molecular formula is C20H23NO3S. The number of amides is 1. The van der Waals surface area contributed by atoms with Crippen LogP contribution >= 0.6 is 0 Å². The van der Waals surface area contributed by atoms with Crippen LogP contribution in [0.15, 0.2) is 48.5 Å². The van der Waals surface area contributed by atoms with Gasteiger partial charge in [0.2, 0.25) is 0 Å². The second kappa shape index (κ2) is 7.00. The fourth-order valence-electron chi connectivity index (χ4n) is 3.41. The van der Waals surface area contributed by atoms with Gasteiger partial charge in [0.15, 0.2) is 9.84 Å². The molecule has 1 unspecified atom stereocenters. The molecule has 0 aliphatic carbocycles. The lowest BCUT2D eigenvalue weighted by atomic mass is 10.0. The number of benzene rings is 2. The maximum Gasteiger partial charge on any atom is 0.254 e. The van der Waals surface area contributed by atoms with E-state index in [1.807, 2.05) is 4.90 Å². The zero-order chi connectivity index (χ0) is 18.0. The van der Waals surface area contributed by atoms with Crippen LogP contribution in [-0.2, 0) is 15.6 Å². The van der Waals surface area contributed by atoms with Gasteiger partial charge in [-0.1, -0.05) is 42.0 Å². The Hall–Kier alpha value is -2.14. The maximum atomic E-state index is 13.0. The molecule has 0 aromatic heterocycles. The van der Waals surface area contributed by atoms with Crippen molar-refractivity contribution in [2.24, 2.45) is 0 Å². The predicted octanol–water partition coefficient (Wildman–Crippen LogP) is 3.52. The van der Waals surface area contributed by atoms with Gasteiger partial charge in [-0.3, -0.25) is 4.79 Å². The van der Waals surface area contributed by atoms with Crippen molar-refractivity contribution in [3.8, 4) is 0 Å². The lowest BCUT2D eigenvalue weighted by Gasteiger charge is -2.25. The van der Waals surface area contributed by atoms with Gasteiger partial charge in [0.25, 0.3) is 5.91 Å². The van der Waals surface area contributed by atoms with Crippen molar-refractivity contribution in [2.75, 3.05) is 12.8 Å². The van der Waals surface area contributed by atoms with Crippen molar-refractivity contribution in [2.45, 2.75) is 31.6 Å². The van der Waals surface area contributed by atoms with Gasteiger partial charge in [-0.2, -0.15) is 0 Å². The van der Waals surface area contributed by atoms with Crippen LogP contribution in [0.1, 0.15) is 45.9 Å². The van der Waals surface area contributed by atoms with E-state index in [9.17, 15) is 13.2 Å². The Kier molecular flexibility index (Phi) is 4.95. The predicted molar refractivity (Wildman–Crippen MR) is 99.2 cm³/mol. The zero-order valence-corrected chi connectivity index (χ0v) is 15.4. The summed E-state index contributed by atoms with van der Waals surface area (Å²) in [6.07, 6.45) is 3.14. The van der Waals surface area contributed by atoms with Crippen molar-refractivity contribution >= 4 is 15.7 Å². The largest absolute Gasteiger partial charge is 0.332 e. The Morgan fingerprint density at radius 2 is 1.88 bits per heavy atom. The molecule has 1 aliphatic heterocycles. The highest BCUT2D eigenvalue weighted by molar-refractivity contribution is 7.89. The number of carbonyl (C=O) groups excluding carboxylic acids is 1. The number of likely N-dealkylation sites (tertiary alicyclic amines) is 1. The summed E-state index contributed by atoms with van der Waals surface area (Å²) in [5.41, 5.74) is 3.57. The average Bonchev–Trinajstić information content (AvgIpc) is 3.03. The highest BCUT2D eigenvalue weighted by Crippen LogP contribution is 2.33. The van der Waals surface area contributed by atoms with Crippen LogP contribution < -0.4 is 0 Å². The standard InChI is InChI=1S/C20H23NO3S/c1-15-8-10-17(11-9-15)19-7-4-12-21(19)20(22)18-6-3-5-16(13-18)14-25(2,23)24/h3,5-6,8-11,13,19H,4,7,12,14H2,1-2H3. The minimum atomic E-state index is -3.12. The summed E-state index contributed by atoms with van der Waals surface area (Å²) >= 11 is 0. The van der Waals surface area contributed by atoms with E-state index >= 15 is 0 Å². The second-order valence-corrected chi connectivity index (χ2v) is 8.98. The molecule has 1 atom stereocenters. The van der Waals surface area contributed by atoms with Gasteiger partial charge in [0, 0.05) is 18.4 Å². The molecule has 3 rings (SSSR count). The van der Waals surface area contributed by atoms with Crippen LogP contribution in [0.4, 0.5) is 0 Å². The second-order valence-electron chi connectivity index (χ2n) is 6.84. The molecule has 1 saturated heterocycles. The van der Waals surface area contributed by atoms with E-state index in [0.717, 1.165) is 24.9 Å². The highest BCUT2D eigenvalue weighted by Gasteiger charge is 2.30. The van der Waals surface area contributed by atoms with Crippen molar-refractivity contribution in [1.82, 2.24) is 4.90 Å². The molecule has 5 heteroatoms. The van der Waals surface area contributed by atoms with Gasteiger partial charge in [-0.25, -0.2) is 8.42 Å². The van der Waals surface area contributed by atoms with Gasteiger partial charge in [-0.05, 0) is 43.0 Å². The van der Waals surface area contributed by atoms with E-state index in [4.69, 9.17) is 0 Å². The molecule has 1 aliphatic rings. The normalized spacial score (nSPS) is 17.7. The van der Waals surface area contributed by atoms with Gasteiger partial charge in [-0.15, -0.1) is 0 Å². The monoisotopic (exact) mass is 357 g/mol. The van der Waals surface area contributed by atoms with Crippen LogP contribution in [0.2, 0.25) is 0 Å². The summed E-state index contributed by atoms with van der Waals surface area (Å²) in [6, 6.07) is 15.4. The number of nitrogens with zero attached hydrogens (tertiary/aromatic N) is 1. The minimum Gasteiger partial charge on any atom is -0.332 e. The number of rotatable bonds is 4. The average molecular weight is 357 g/mol. The van der Waals surface area contributed by atoms with Crippen LogP contribution in [0.5, 0.6) is 0 Å². The highest BCUT2D eigenvalue weighted by atomic mass is 32.2. The number of hydrogen-bond acceptors (Lipinski definition) is 3. The smallest absolute Gasteiger partial charge is 0.254 e. The molecule has 132 valence electrons. The fourth-order valence-corrected chi connectivity index (χ4v) is 4.19. The molecule has 25 heavy (non-hydrogen) atoms. The van der Waals surface area contributed by atoms with Crippen LogP contribution in [0.3, 0.4) is 0 Å². The van der Waals surface area contributed by atoms with E-state index in [-0.39, 0.29) is 17.7 Å². The molecule has 0 saturated carbocycles. The lowest BCUT2D eigenvalue weighted by Crippen LogP contribution is -2.30. The van der Waals surface area contributed by atoms with Gasteiger partial charge in [0.05, 0.1) is 11.8 Å². The first kappa shape index (κ1) is 17.7. The van der Waals surface area contributed by atoms with Gasteiger partial charge >= 0.3 is 0 Å². The molecule has 0 bridgehead atoms. The van der Waals surface area contributed by atoms with E-state index < -0.39 is 9.84 Å². The molecule has 0 radical (unpaired) electrons. The van der Waals surface area contributed by atoms with E-state index in [0.29, 0.717) is 11.1 Å². The number of hydrogen-bond donors (Lipinski definition) is 0. The third-order valence-corrected chi connectivity index (χ3v) is 5.44. The first-order valence-corrected chi connectivity index (χ1v) is 10.5. The Morgan fingerprint density at radius 3 is 2.56 bits per heavy atom. The summed E-state index contributed by atoms with van der Waals surface area (Å²) in [4.78, 5) is 14.9. The summed E-state index contributed by atoms with van der Waals surface area (Å²) < 4.78 is 23.0. The number of aryl methyl sites for hydroxylation is 1.